The number of fused-ring (bicyclic) bond motifs is 3. The van der Waals surface area contributed by atoms with Crippen molar-refractivity contribution < 1.29 is 34.4 Å². The third kappa shape index (κ3) is 3.74. The second-order valence-electron chi connectivity index (χ2n) is 10.4. The summed E-state index contributed by atoms with van der Waals surface area (Å²) in [6, 6.07) is 0. The molecule has 0 spiro atoms. The molecule has 3 aliphatic carbocycles. The Morgan fingerprint density at radius 1 is 1.06 bits per heavy atom. The predicted octanol–water partition coefficient (Wildman–Crippen LogP) is 2.28. The van der Waals surface area contributed by atoms with Crippen LogP contribution in [-0.2, 0) is 19.1 Å². The summed E-state index contributed by atoms with van der Waals surface area (Å²) in [5.41, 5.74) is 0.473. The fraction of sp³-hybridized carbons (Fsp3) is 0.750. The molecule has 7 heteroatoms. The van der Waals surface area contributed by atoms with Gasteiger partial charge in [-0.1, -0.05) is 32.9 Å². The van der Waals surface area contributed by atoms with Gasteiger partial charge >= 0.3 is 11.9 Å². The number of rotatable bonds is 2. The van der Waals surface area contributed by atoms with E-state index in [1.807, 2.05) is 27.7 Å². The van der Waals surface area contributed by atoms with Crippen LogP contribution >= 0.6 is 0 Å². The Labute approximate surface area is 184 Å². The minimum atomic E-state index is -1.03. The van der Waals surface area contributed by atoms with Crippen LogP contribution in [0.2, 0.25) is 0 Å². The summed E-state index contributed by atoms with van der Waals surface area (Å²) >= 11 is 0. The lowest BCUT2D eigenvalue weighted by Gasteiger charge is -2.59. The van der Waals surface area contributed by atoms with E-state index >= 15 is 0 Å². The molecule has 8 atom stereocenters. The van der Waals surface area contributed by atoms with E-state index in [9.17, 15) is 24.9 Å². The van der Waals surface area contributed by atoms with Crippen LogP contribution in [0.1, 0.15) is 60.8 Å². The lowest BCUT2D eigenvalue weighted by atomic mass is 9.49. The lowest BCUT2D eigenvalue weighted by Crippen LogP contribution is -2.64. The molecule has 0 aromatic carbocycles. The van der Waals surface area contributed by atoms with Gasteiger partial charge in [-0.2, -0.15) is 0 Å². The highest BCUT2D eigenvalue weighted by Crippen LogP contribution is 2.59. The van der Waals surface area contributed by atoms with Crippen molar-refractivity contribution in [2.24, 2.45) is 22.7 Å². The number of carbonyl (C=O) groups is 2. The van der Waals surface area contributed by atoms with Gasteiger partial charge in [-0.05, 0) is 42.7 Å². The van der Waals surface area contributed by atoms with Crippen molar-refractivity contribution in [1.29, 1.82) is 0 Å². The molecular formula is C24H36O7. The maximum atomic E-state index is 12.2. The van der Waals surface area contributed by atoms with E-state index in [2.05, 4.69) is 6.58 Å². The number of aliphatic hydroxyl groups is 3. The number of esters is 2. The SMILES string of the molecule is C=C1C(O)CCC2(C)C(OC(C)=O)C(OC(C)=O)C3=C(C)CC(O)C(C(O)C12)C3(C)C. The molecule has 8 unspecified atom stereocenters. The molecule has 0 aliphatic heterocycles. The zero-order valence-electron chi connectivity index (χ0n) is 19.3. The van der Waals surface area contributed by atoms with Crippen molar-refractivity contribution in [3.63, 3.8) is 0 Å². The standard InChI is InChI=1S/C24H36O7/c1-11-10-16(28)19-20(29)18-12(2)15(27)8-9-24(18,7)22(31-14(4)26)21(30-13(3)25)17(11)23(19,5)6/h15-16,18-22,27-29H,2,8-10H2,1,3-7H3. The van der Waals surface area contributed by atoms with Gasteiger partial charge in [0.25, 0.3) is 0 Å². The molecule has 0 aromatic heterocycles. The van der Waals surface area contributed by atoms with Crippen LogP contribution in [-0.4, -0.2) is 57.8 Å². The summed E-state index contributed by atoms with van der Waals surface area (Å²) in [4.78, 5) is 24.4. The normalized spacial score (nSPS) is 42.2. The van der Waals surface area contributed by atoms with Crippen LogP contribution < -0.4 is 0 Å². The van der Waals surface area contributed by atoms with Crippen molar-refractivity contribution >= 4 is 11.9 Å². The maximum absolute atomic E-state index is 12.2. The maximum Gasteiger partial charge on any atom is 0.303 e. The van der Waals surface area contributed by atoms with Gasteiger partial charge in [0.1, 0.15) is 6.10 Å². The first-order valence-electron chi connectivity index (χ1n) is 11.0. The monoisotopic (exact) mass is 436 g/mol. The molecule has 174 valence electrons. The molecule has 0 saturated heterocycles. The van der Waals surface area contributed by atoms with Gasteiger partial charge in [-0.15, -0.1) is 0 Å². The van der Waals surface area contributed by atoms with Crippen molar-refractivity contribution in [3.8, 4) is 0 Å². The van der Waals surface area contributed by atoms with E-state index < -0.39 is 65.1 Å². The number of ether oxygens (including phenoxy) is 2. The summed E-state index contributed by atoms with van der Waals surface area (Å²) in [6.45, 7) is 14.3. The highest BCUT2D eigenvalue weighted by Gasteiger charge is 2.63. The largest absolute Gasteiger partial charge is 0.458 e. The van der Waals surface area contributed by atoms with E-state index in [-0.39, 0.29) is 0 Å². The van der Waals surface area contributed by atoms with Crippen LogP contribution in [0, 0.1) is 22.7 Å². The van der Waals surface area contributed by atoms with Gasteiger partial charge in [0.05, 0.1) is 18.3 Å². The Balaban J connectivity index is 2.34. The average Bonchev–Trinajstić information content (AvgIpc) is 2.60. The number of carbonyl (C=O) groups excluding carboxylic acids is 2. The van der Waals surface area contributed by atoms with Crippen LogP contribution in [0.5, 0.6) is 0 Å². The number of aliphatic hydroxyl groups excluding tert-OH is 3. The minimum Gasteiger partial charge on any atom is -0.458 e. The van der Waals surface area contributed by atoms with Gasteiger partial charge < -0.3 is 24.8 Å². The first-order chi connectivity index (χ1) is 14.2. The summed E-state index contributed by atoms with van der Waals surface area (Å²) in [5, 5.41) is 33.3. The minimum absolute atomic E-state index is 0.309. The second kappa shape index (κ2) is 8.01. The zero-order chi connectivity index (χ0) is 23.5. The molecule has 31 heavy (non-hydrogen) atoms. The highest BCUT2D eigenvalue weighted by molar-refractivity contribution is 5.68. The quantitative estimate of drug-likeness (QED) is 0.450. The first kappa shape index (κ1) is 24.0. The van der Waals surface area contributed by atoms with E-state index in [4.69, 9.17) is 9.47 Å². The Morgan fingerprint density at radius 3 is 2.19 bits per heavy atom. The van der Waals surface area contributed by atoms with E-state index in [0.717, 1.165) is 11.1 Å². The molecular weight excluding hydrogens is 400 g/mol. The average molecular weight is 437 g/mol. The molecule has 2 fully saturated rings. The van der Waals surface area contributed by atoms with E-state index in [1.54, 1.807) is 0 Å². The van der Waals surface area contributed by atoms with E-state index in [0.29, 0.717) is 24.8 Å². The van der Waals surface area contributed by atoms with Crippen molar-refractivity contribution in [2.75, 3.05) is 0 Å². The summed E-state index contributed by atoms with van der Waals surface area (Å²) in [5.74, 6) is -2.25. The third-order valence-corrected chi connectivity index (χ3v) is 7.92. The van der Waals surface area contributed by atoms with Crippen LogP contribution in [0.4, 0.5) is 0 Å². The summed E-state index contributed by atoms with van der Waals surface area (Å²) < 4.78 is 11.7. The number of hydrogen-bond donors (Lipinski definition) is 3. The van der Waals surface area contributed by atoms with Crippen LogP contribution in [0.3, 0.4) is 0 Å². The second-order valence-corrected chi connectivity index (χ2v) is 10.4. The van der Waals surface area contributed by atoms with E-state index in [1.165, 1.54) is 13.8 Å². The summed E-state index contributed by atoms with van der Waals surface area (Å²) in [6.07, 6.45) is -3.27. The van der Waals surface area contributed by atoms with Gasteiger partial charge in [0, 0.05) is 31.1 Å². The zero-order valence-corrected chi connectivity index (χ0v) is 19.3. The molecule has 3 rings (SSSR count). The van der Waals surface area contributed by atoms with Crippen molar-refractivity contribution in [1.82, 2.24) is 0 Å². The Kier molecular flexibility index (Phi) is 6.19. The molecule has 3 aliphatic rings. The molecule has 3 N–H and O–H groups in total. The smallest absolute Gasteiger partial charge is 0.303 e. The van der Waals surface area contributed by atoms with Gasteiger partial charge in [-0.25, -0.2) is 0 Å². The first-order valence-corrected chi connectivity index (χ1v) is 11.0. The third-order valence-electron chi connectivity index (χ3n) is 7.92. The predicted molar refractivity (Wildman–Crippen MR) is 114 cm³/mol. The lowest BCUT2D eigenvalue weighted by molar-refractivity contribution is -0.200. The van der Waals surface area contributed by atoms with Crippen molar-refractivity contribution in [3.05, 3.63) is 23.3 Å². The summed E-state index contributed by atoms with van der Waals surface area (Å²) in [7, 11) is 0. The Hall–Kier alpha value is -1.70. The fourth-order valence-electron chi connectivity index (χ4n) is 6.75. The molecule has 7 nitrogen and oxygen atoms in total. The molecule has 0 radical (unpaired) electrons. The van der Waals surface area contributed by atoms with Crippen LogP contribution in [0.15, 0.2) is 23.3 Å². The Bertz CT molecular complexity index is 813. The Morgan fingerprint density at radius 2 is 1.65 bits per heavy atom. The molecule has 0 heterocycles. The molecule has 0 aromatic rings. The van der Waals surface area contributed by atoms with Crippen molar-refractivity contribution in [2.45, 2.75) is 91.3 Å². The van der Waals surface area contributed by atoms with Crippen LogP contribution in [0.25, 0.3) is 0 Å². The number of hydrogen-bond acceptors (Lipinski definition) is 7. The highest BCUT2D eigenvalue weighted by atomic mass is 16.6. The fourth-order valence-corrected chi connectivity index (χ4v) is 6.75. The van der Waals surface area contributed by atoms with Gasteiger partial charge in [0.15, 0.2) is 6.10 Å². The molecule has 2 saturated carbocycles. The van der Waals surface area contributed by atoms with Gasteiger partial charge in [-0.3, -0.25) is 9.59 Å². The van der Waals surface area contributed by atoms with Gasteiger partial charge in [0.2, 0.25) is 0 Å². The molecule has 2 bridgehead atoms. The molecule has 0 amide bonds. The topological polar surface area (TPSA) is 113 Å².